The van der Waals surface area contributed by atoms with Crippen LogP contribution in [0.1, 0.15) is 57.6 Å². The summed E-state index contributed by atoms with van der Waals surface area (Å²) >= 11 is 0. The van der Waals surface area contributed by atoms with Crippen LogP contribution in [0, 0.1) is 11.3 Å². The highest BCUT2D eigenvalue weighted by molar-refractivity contribution is 5.86. The van der Waals surface area contributed by atoms with E-state index >= 15 is 0 Å². The lowest BCUT2D eigenvalue weighted by atomic mass is 9.99. The SMILES string of the molecule is CCCCCCC(C(=O)OCC)n1cc2cc(-c3ccccc3C#N)ccc2n1. The molecule has 1 aromatic heterocycles. The van der Waals surface area contributed by atoms with Gasteiger partial charge in [-0.2, -0.15) is 10.4 Å². The predicted octanol–water partition coefficient (Wildman–Crippen LogP) is 5.65. The second-order valence-electron chi connectivity index (χ2n) is 7.16. The first-order valence-electron chi connectivity index (χ1n) is 10.3. The van der Waals surface area contributed by atoms with Crippen molar-refractivity contribution < 1.29 is 9.53 Å². The van der Waals surface area contributed by atoms with Crippen LogP contribution in [-0.4, -0.2) is 22.4 Å². The third-order valence-electron chi connectivity index (χ3n) is 5.09. The molecule has 0 saturated carbocycles. The van der Waals surface area contributed by atoms with Gasteiger partial charge in [-0.05, 0) is 42.7 Å². The van der Waals surface area contributed by atoms with Crippen LogP contribution < -0.4 is 0 Å². The topological polar surface area (TPSA) is 67.9 Å². The molecule has 0 N–H and O–H groups in total. The van der Waals surface area contributed by atoms with E-state index in [1.165, 1.54) is 0 Å². The van der Waals surface area contributed by atoms with Gasteiger partial charge in [0.15, 0.2) is 0 Å². The van der Waals surface area contributed by atoms with Crippen LogP contribution in [0.3, 0.4) is 0 Å². The summed E-state index contributed by atoms with van der Waals surface area (Å²) in [7, 11) is 0. The Kier molecular flexibility index (Phi) is 7.02. The van der Waals surface area contributed by atoms with Crippen LogP contribution in [0.4, 0.5) is 0 Å². The zero-order valence-electron chi connectivity index (χ0n) is 17.1. The summed E-state index contributed by atoms with van der Waals surface area (Å²) in [4.78, 5) is 12.5. The summed E-state index contributed by atoms with van der Waals surface area (Å²) in [5, 5.41) is 15.0. The maximum absolute atomic E-state index is 12.5. The standard InChI is InChI=1S/C24H27N3O2/c1-3-5-6-7-12-23(24(28)29-4-2)27-17-20-15-18(13-14-22(20)26-27)21-11-9-8-10-19(21)16-25/h8-11,13-15,17,23H,3-7,12H2,1-2H3. The van der Waals surface area contributed by atoms with Gasteiger partial charge in [-0.25, -0.2) is 4.79 Å². The fourth-order valence-electron chi connectivity index (χ4n) is 3.57. The van der Waals surface area contributed by atoms with E-state index in [0.717, 1.165) is 54.1 Å². The Morgan fingerprint density at radius 2 is 2.00 bits per heavy atom. The minimum Gasteiger partial charge on any atom is -0.464 e. The summed E-state index contributed by atoms with van der Waals surface area (Å²) < 4.78 is 7.04. The maximum atomic E-state index is 12.5. The van der Waals surface area contributed by atoms with E-state index in [9.17, 15) is 10.1 Å². The largest absolute Gasteiger partial charge is 0.464 e. The Morgan fingerprint density at radius 1 is 1.17 bits per heavy atom. The number of carbonyl (C=O) groups excluding carboxylic acids is 1. The summed E-state index contributed by atoms with van der Waals surface area (Å²) in [6, 6.07) is 15.3. The summed E-state index contributed by atoms with van der Waals surface area (Å²) in [6.45, 7) is 4.36. The third kappa shape index (κ3) is 4.83. The van der Waals surface area contributed by atoms with Gasteiger partial charge in [-0.3, -0.25) is 4.68 Å². The lowest BCUT2D eigenvalue weighted by Gasteiger charge is -2.15. The maximum Gasteiger partial charge on any atom is 0.330 e. The first-order chi connectivity index (χ1) is 14.2. The van der Waals surface area contributed by atoms with Crippen molar-refractivity contribution in [2.24, 2.45) is 0 Å². The molecule has 0 spiro atoms. The van der Waals surface area contributed by atoms with E-state index in [1.54, 1.807) is 4.68 Å². The van der Waals surface area contributed by atoms with E-state index in [2.05, 4.69) is 18.1 Å². The van der Waals surface area contributed by atoms with E-state index < -0.39 is 6.04 Å². The third-order valence-corrected chi connectivity index (χ3v) is 5.09. The van der Waals surface area contributed by atoms with Crippen molar-refractivity contribution in [2.45, 2.75) is 52.0 Å². The highest BCUT2D eigenvalue weighted by Crippen LogP contribution is 2.28. The minimum atomic E-state index is -0.408. The summed E-state index contributed by atoms with van der Waals surface area (Å²) in [6.07, 6.45) is 7.02. The van der Waals surface area contributed by atoms with Crippen molar-refractivity contribution in [2.75, 3.05) is 6.61 Å². The average Bonchev–Trinajstić information content (AvgIpc) is 3.16. The highest BCUT2D eigenvalue weighted by atomic mass is 16.5. The zero-order chi connectivity index (χ0) is 20.6. The Morgan fingerprint density at radius 3 is 2.76 bits per heavy atom. The van der Waals surface area contributed by atoms with E-state index in [0.29, 0.717) is 12.2 Å². The number of fused-ring (bicyclic) bond motifs is 1. The second-order valence-corrected chi connectivity index (χ2v) is 7.16. The van der Waals surface area contributed by atoms with Gasteiger partial charge in [0.2, 0.25) is 0 Å². The molecule has 150 valence electrons. The molecule has 2 aromatic carbocycles. The molecule has 1 atom stereocenters. The molecular weight excluding hydrogens is 362 g/mol. The van der Waals surface area contributed by atoms with Crippen LogP contribution in [0.2, 0.25) is 0 Å². The number of esters is 1. The van der Waals surface area contributed by atoms with E-state index in [4.69, 9.17) is 4.74 Å². The van der Waals surface area contributed by atoms with Gasteiger partial charge in [0, 0.05) is 11.6 Å². The monoisotopic (exact) mass is 389 g/mol. The Labute approximate surface area is 171 Å². The lowest BCUT2D eigenvalue weighted by molar-refractivity contribution is -0.147. The second kappa shape index (κ2) is 9.88. The molecule has 0 bridgehead atoms. The number of ether oxygens (including phenoxy) is 1. The van der Waals surface area contributed by atoms with Gasteiger partial charge < -0.3 is 4.74 Å². The lowest BCUT2D eigenvalue weighted by Crippen LogP contribution is -2.22. The number of benzene rings is 2. The minimum absolute atomic E-state index is 0.230. The van der Waals surface area contributed by atoms with Gasteiger partial charge in [-0.15, -0.1) is 0 Å². The van der Waals surface area contributed by atoms with Crippen molar-refractivity contribution in [3.05, 3.63) is 54.2 Å². The number of rotatable bonds is 9. The first-order valence-corrected chi connectivity index (χ1v) is 10.3. The quantitative estimate of drug-likeness (QED) is 0.350. The normalized spacial score (nSPS) is 11.9. The fourth-order valence-corrected chi connectivity index (χ4v) is 3.57. The van der Waals surface area contributed by atoms with Crippen LogP contribution in [0.5, 0.6) is 0 Å². The molecule has 0 aliphatic heterocycles. The Balaban J connectivity index is 1.92. The van der Waals surface area contributed by atoms with Gasteiger partial charge >= 0.3 is 5.97 Å². The number of carbonyl (C=O) groups is 1. The van der Waals surface area contributed by atoms with Crippen molar-refractivity contribution in [3.63, 3.8) is 0 Å². The van der Waals surface area contributed by atoms with E-state index in [1.807, 2.05) is 55.6 Å². The number of unbranched alkanes of at least 4 members (excludes halogenated alkanes) is 3. The van der Waals surface area contributed by atoms with E-state index in [-0.39, 0.29) is 5.97 Å². The number of nitriles is 1. The average molecular weight is 389 g/mol. The number of nitrogens with zero attached hydrogens (tertiary/aromatic N) is 3. The molecule has 5 heteroatoms. The van der Waals surface area contributed by atoms with Gasteiger partial charge in [-0.1, -0.05) is 56.9 Å². The van der Waals surface area contributed by atoms with Crippen molar-refractivity contribution in [3.8, 4) is 17.2 Å². The molecule has 0 aliphatic carbocycles. The molecule has 3 rings (SSSR count). The number of aromatic nitrogens is 2. The van der Waals surface area contributed by atoms with Gasteiger partial charge in [0.05, 0.1) is 23.8 Å². The molecule has 3 aromatic rings. The molecule has 0 aliphatic rings. The highest BCUT2D eigenvalue weighted by Gasteiger charge is 2.23. The molecular formula is C24H27N3O2. The smallest absolute Gasteiger partial charge is 0.330 e. The molecule has 0 radical (unpaired) electrons. The molecule has 29 heavy (non-hydrogen) atoms. The predicted molar refractivity (Wildman–Crippen MR) is 114 cm³/mol. The van der Waals surface area contributed by atoms with Gasteiger partial charge in [0.1, 0.15) is 6.04 Å². The number of hydrogen-bond acceptors (Lipinski definition) is 4. The van der Waals surface area contributed by atoms with Crippen LogP contribution in [0.15, 0.2) is 48.7 Å². The van der Waals surface area contributed by atoms with Crippen LogP contribution >= 0.6 is 0 Å². The molecule has 1 heterocycles. The molecule has 0 saturated heterocycles. The zero-order valence-corrected chi connectivity index (χ0v) is 17.1. The Hall–Kier alpha value is -3.13. The summed E-state index contributed by atoms with van der Waals surface area (Å²) in [5.74, 6) is -0.230. The van der Waals surface area contributed by atoms with Crippen molar-refractivity contribution in [1.82, 2.24) is 9.78 Å². The Bertz CT molecular complexity index is 1020. The molecule has 0 amide bonds. The fraction of sp³-hybridized carbons (Fsp3) is 0.375. The van der Waals surface area contributed by atoms with Gasteiger partial charge in [0.25, 0.3) is 0 Å². The first kappa shape index (κ1) is 20.6. The van der Waals surface area contributed by atoms with Crippen molar-refractivity contribution in [1.29, 1.82) is 5.26 Å². The molecule has 5 nitrogen and oxygen atoms in total. The van der Waals surface area contributed by atoms with Crippen molar-refractivity contribution >= 4 is 16.9 Å². The van der Waals surface area contributed by atoms with Crippen LogP contribution in [-0.2, 0) is 9.53 Å². The summed E-state index contributed by atoms with van der Waals surface area (Å²) in [5.41, 5.74) is 3.32. The molecule has 0 fully saturated rings. The van der Waals surface area contributed by atoms with Crippen LogP contribution in [0.25, 0.3) is 22.0 Å². The number of hydrogen-bond donors (Lipinski definition) is 0. The molecule has 1 unspecified atom stereocenters.